The van der Waals surface area contributed by atoms with Gasteiger partial charge in [0, 0.05) is 41.1 Å². The van der Waals surface area contributed by atoms with Crippen molar-refractivity contribution in [1.82, 2.24) is 4.98 Å². The second-order valence-corrected chi connectivity index (χ2v) is 6.11. The molecule has 102 valence electrons. The standard InChI is InChI=1S/C12H9N3O4S/c1-20(18,19)10(6-13)4-8-7-14-12-3-2-9(15(16)17)5-11(8)12/h2-5,7,14H,1H3/b10-4+. The van der Waals surface area contributed by atoms with E-state index in [9.17, 15) is 18.5 Å². The van der Waals surface area contributed by atoms with Gasteiger partial charge in [-0.15, -0.1) is 0 Å². The van der Waals surface area contributed by atoms with Gasteiger partial charge in [-0.05, 0) is 12.1 Å². The van der Waals surface area contributed by atoms with Crippen molar-refractivity contribution < 1.29 is 13.3 Å². The minimum absolute atomic E-state index is 0.107. The Morgan fingerprint density at radius 2 is 2.20 bits per heavy atom. The quantitative estimate of drug-likeness (QED) is 0.527. The highest BCUT2D eigenvalue weighted by Crippen LogP contribution is 2.25. The van der Waals surface area contributed by atoms with Gasteiger partial charge in [-0.1, -0.05) is 0 Å². The molecule has 0 radical (unpaired) electrons. The maximum Gasteiger partial charge on any atom is 0.270 e. The Labute approximate surface area is 114 Å². The van der Waals surface area contributed by atoms with E-state index >= 15 is 0 Å². The molecular weight excluding hydrogens is 282 g/mol. The third kappa shape index (κ3) is 2.53. The normalized spacial score (nSPS) is 12.3. The number of nitro groups is 1. The monoisotopic (exact) mass is 291 g/mol. The number of nitriles is 1. The second kappa shape index (κ2) is 4.79. The first-order valence-electron chi connectivity index (χ1n) is 5.40. The number of sulfone groups is 1. The topological polar surface area (TPSA) is 117 Å². The van der Waals surface area contributed by atoms with E-state index in [0.717, 1.165) is 6.26 Å². The van der Waals surface area contributed by atoms with Crippen LogP contribution in [0.1, 0.15) is 5.56 Å². The number of nitrogens with one attached hydrogen (secondary N) is 1. The number of hydrogen-bond donors (Lipinski definition) is 1. The third-order valence-corrected chi connectivity index (χ3v) is 3.71. The van der Waals surface area contributed by atoms with Crippen molar-refractivity contribution in [2.24, 2.45) is 0 Å². The first-order valence-corrected chi connectivity index (χ1v) is 7.29. The van der Waals surface area contributed by atoms with Crippen molar-refractivity contribution in [1.29, 1.82) is 5.26 Å². The lowest BCUT2D eigenvalue weighted by atomic mass is 10.1. The summed E-state index contributed by atoms with van der Waals surface area (Å²) in [6, 6.07) is 5.80. The fourth-order valence-corrected chi connectivity index (χ4v) is 2.23. The fraction of sp³-hybridized carbons (Fsp3) is 0.0833. The molecule has 20 heavy (non-hydrogen) atoms. The SMILES string of the molecule is CS(=O)(=O)/C(C#N)=C/c1c[nH]c2ccc([N+](=O)[O-])cc12. The van der Waals surface area contributed by atoms with Crippen molar-refractivity contribution in [3.63, 3.8) is 0 Å². The molecule has 0 fully saturated rings. The lowest BCUT2D eigenvalue weighted by Crippen LogP contribution is -1.98. The van der Waals surface area contributed by atoms with Crippen LogP contribution >= 0.6 is 0 Å². The highest BCUT2D eigenvalue weighted by Gasteiger charge is 2.14. The van der Waals surface area contributed by atoms with E-state index in [1.54, 1.807) is 6.07 Å². The summed E-state index contributed by atoms with van der Waals surface area (Å²) in [6.07, 6.45) is 3.62. The van der Waals surface area contributed by atoms with Gasteiger partial charge < -0.3 is 4.98 Å². The highest BCUT2D eigenvalue weighted by molar-refractivity contribution is 7.95. The van der Waals surface area contributed by atoms with Crippen molar-refractivity contribution in [3.05, 3.63) is 45.0 Å². The zero-order chi connectivity index (χ0) is 14.9. The molecule has 0 unspecified atom stereocenters. The predicted octanol–water partition coefficient (Wildman–Crippen LogP) is 1.99. The van der Waals surface area contributed by atoms with E-state index < -0.39 is 19.7 Å². The molecule has 0 aliphatic rings. The van der Waals surface area contributed by atoms with Gasteiger partial charge >= 0.3 is 0 Å². The summed E-state index contributed by atoms with van der Waals surface area (Å²) < 4.78 is 22.8. The number of rotatable bonds is 3. The van der Waals surface area contributed by atoms with Crippen LogP contribution in [0.2, 0.25) is 0 Å². The summed E-state index contributed by atoms with van der Waals surface area (Å²) in [6.45, 7) is 0. The van der Waals surface area contributed by atoms with Gasteiger partial charge in [0.05, 0.1) is 4.92 Å². The molecule has 0 aliphatic carbocycles. The van der Waals surface area contributed by atoms with Crippen molar-refractivity contribution in [3.8, 4) is 6.07 Å². The summed E-state index contributed by atoms with van der Waals surface area (Å²) >= 11 is 0. The molecule has 0 saturated carbocycles. The summed E-state index contributed by atoms with van der Waals surface area (Å²) in [5, 5.41) is 20.1. The number of aromatic amines is 1. The van der Waals surface area contributed by atoms with Crippen molar-refractivity contribution in [2.45, 2.75) is 0 Å². The van der Waals surface area contributed by atoms with Crippen LogP contribution < -0.4 is 0 Å². The molecule has 0 aliphatic heterocycles. The Morgan fingerprint density at radius 3 is 2.75 bits per heavy atom. The number of H-pyrrole nitrogens is 1. The van der Waals surface area contributed by atoms with E-state index in [-0.39, 0.29) is 5.69 Å². The third-order valence-electron chi connectivity index (χ3n) is 2.70. The largest absolute Gasteiger partial charge is 0.361 e. The minimum atomic E-state index is -3.63. The van der Waals surface area contributed by atoms with Gasteiger partial charge in [0.15, 0.2) is 9.84 Å². The van der Waals surface area contributed by atoms with E-state index in [0.29, 0.717) is 16.5 Å². The second-order valence-electron chi connectivity index (χ2n) is 4.12. The number of allylic oxidation sites excluding steroid dienone is 1. The number of non-ortho nitro benzene ring substituents is 1. The van der Waals surface area contributed by atoms with Crippen LogP contribution in [0, 0.1) is 21.4 Å². The Hall–Kier alpha value is -2.66. The van der Waals surface area contributed by atoms with Crippen LogP contribution in [-0.4, -0.2) is 24.6 Å². The maximum atomic E-state index is 11.4. The average molecular weight is 291 g/mol. The minimum Gasteiger partial charge on any atom is -0.361 e. The summed E-state index contributed by atoms with van der Waals surface area (Å²) in [4.78, 5) is 12.7. The van der Waals surface area contributed by atoms with Crippen LogP contribution in [0.15, 0.2) is 29.3 Å². The number of nitrogens with zero attached hydrogens (tertiary/aromatic N) is 2. The first kappa shape index (κ1) is 13.8. The Kier molecular flexibility index (Phi) is 3.29. The number of benzene rings is 1. The molecule has 1 N–H and O–H groups in total. The molecule has 0 saturated heterocycles. The number of aromatic nitrogens is 1. The van der Waals surface area contributed by atoms with Gasteiger partial charge in [-0.2, -0.15) is 5.26 Å². The first-order chi connectivity index (χ1) is 9.32. The molecule has 7 nitrogen and oxygen atoms in total. The van der Waals surface area contributed by atoms with Gasteiger partial charge in [0.25, 0.3) is 5.69 Å². The summed E-state index contributed by atoms with van der Waals surface area (Å²) in [5.41, 5.74) is 0.919. The molecule has 0 atom stereocenters. The number of fused-ring (bicyclic) bond motifs is 1. The van der Waals surface area contributed by atoms with E-state index in [4.69, 9.17) is 5.26 Å². The Morgan fingerprint density at radius 1 is 1.50 bits per heavy atom. The zero-order valence-electron chi connectivity index (χ0n) is 10.3. The van der Waals surface area contributed by atoms with E-state index in [2.05, 4.69) is 4.98 Å². The fourth-order valence-electron chi connectivity index (χ4n) is 1.73. The molecule has 2 aromatic rings. The number of hydrogen-bond acceptors (Lipinski definition) is 5. The van der Waals surface area contributed by atoms with Crippen LogP contribution in [0.3, 0.4) is 0 Å². The lowest BCUT2D eigenvalue weighted by molar-refractivity contribution is -0.384. The molecule has 1 aromatic carbocycles. The van der Waals surface area contributed by atoms with Gasteiger partial charge in [0.2, 0.25) is 0 Å². The zero-order valence-corrected chi connectivity index (χ0v) is 11.1. The maximum absolute atomic E-state index is 11.4. The Bertz CT molecular complexity index is 872. The van der Waals surface area contributed by atoms with Crippen LogP contribution in [0.25, 0.3) is 17.0 Å². The molecule has 2 rings (SSSR count). The van der Waals surface area contributed by atoms with Crippen LogP contribution in [0.4, 0.5) is 5.69 Å². The molecule has 1 aromatic heterocycles. The summed E-state index contributed by atoms with van der Waals surface area (Å²) in [5.74, 6) is 0. The van der Waals surface area contributed by atoms with E-state index in [1.807, 2.05) is 0 Å². The highest BCUT2D eigenvalue weighted by atomic mass is 32.2. The van der Waals surface area contributed by atoms with Crippen molar-refractivity contribution in [2.75, 3.05) is 6.26 Å². The predicted molar refractivity (Wildman–Crippen MR) is 73.4 cm³/mol. The lowest BCUT2D eigenvalue weighted by Gasteiger charge is -1.96. The average Bonchev–Trinajstić information content (AvgIpc) is 2.76. The molecule has 0 amide bonds. The van der Waals surface area contributed by atoms with Gasteiger partial charge in [0.1, 0.15) is 11.0 Å². The van der Waals surface area contributed by atoms with Crippen molar-refractivity contribution >= 4 is 32.5 Å². The smallest absolute Gasteiger partial charge is 0.270 e. The molecule has 8 heteroatoms. The van der Waals surface area contributed by atoms with Gasteiger partial charge in [-0.25, -0.2) is 8.42 Å². The molecular formula is C12H9N3O4S. The van der Waals surface area contributed by atoms with E-state index in [1.165, 1.54) is 30.5 Å². The van der Waals surface area contributed by atoms with Crippen LogP contribution in [-0.2, 0) is 9.84 Å². The number of nitro benzene ring substituents is 1. The Balaban J connectivity index is 2.67. The van der Waals surface area contributed by atoms with Gasteiger partial charge in [-0.3, -0.25) is 10.1 Å². The molecule has 1 heterocycles. The molecule has 0 spiro atoms. The summed E-state index contributed by atoms with van der Waals surface area (Å²) in [7, 11) is -3.63. The molecule has 0 bridgehead atoms. The van der Waals surface area contributed by atoms with Crippen LogP contribution in [0.5, 0.6) is 0 Å².